The first-order valence-corrected chi connectivity index (χ1v) is 8.00. The molecule has 1 aromatic heterocycles. The van der Waals surface area contributed by atoms with E-state index in [0.29, 0.717) is 6.42 Å². The maximum atomic E-state index is 12.0. The number of rotatable bonds is 4. The fourth-order valence-electron chi connectivity index (χ4n) is 1.71. The van der Waals surface area contributed by atoms with Gasteiger partial charge in [-0.05, 0) is 31.7 Å². The van der Waals surface area contributed by atoms with Crippen LogP contribution < -0.4 is 5.32 Å². The van der Waals surface area contributed by atoms with Crippen LogP contribution in [0.5, 0.6) is 0 Å². The van der Waals surface area contributed by atoms with Crippen LogP contribution in [0.25, 0.3) is 0 Å². The van der Waals surface area contributed by atoms with Gasteiger partial charge in [-0.25, -0.2) is 4.98 Å². The lowest BCUT2D eigenvalue weighted by Crippen LogP contribution is -2.14. The summed E-state index contributed by atoms with van der Waals surface area (Å²) in [6.45, 7) is 3.94. The van der Waals surface area contributed by atoms with Crippen LogP contribution in [0.3, 0.4) is 0 Å². The van der Waals surface area contributed by atoms with Gasteiger partial charge < -0.3 is 5.32 Å². The first kappa shape index (κ1) is 14.1. The Balaban J connectivity index is 2.05. The topological polar surface area (TPSA) is 42.0 Å². The molecule has 0 saturated carbocycles. The number of amides is 1. The molecule has 0 aliphatic heterocycles. The van der Waals surface area contributed by atoms with Gasteiger partial charge >= 0.3 is 0 Å². The molecule has 1 heterocycles. The first-order chi connectivity index (χ1) is 9.10. The zero-order chi connectivity index (χ0) is 13.8. The molecule has 2 aromatic rings. The molecule has 0 radical (unpaired) electrons. The highest BCUT2D eigenvalue weighted by molar-refractivity contribution is 8.00. The van der Waals surface area contributed by atoms with E-state index in [1.54, 1.807) is 23.1 Å². The maximum Gasteiger partial charge on any atom is 0.229 e. The molecule has 0 fully saturated rings. The smallest absolute Gasteiger partial charge is 0.229 e. The van der Waals surface area contributed by atoms with Gasteiger partial charge in [0, 0.05) is 10.6 Å². The number of carbonyl (C=O) groups excluding carboxylic acids is 1. The van der Waals surface area contributed by atoms with E-state index in [0.717, 1.165) is 26.2 Å². The second-order valence-corrected chi connectivity index (χ2v) is 6.37. The van der Waals surface area contributed by atoms with Crippen LogP contribution in [-0.2, 0) is 11.2 Å². The van der Waals surface area contributed by atoms with Crippen molar-refractivity contribution in [2.45, 2.75) is 24.6 Å². The van der Waals surface area contributed by atoms with E-state index >= 15 is 0 Å². The minimum atomic E-state index is 0.00806. The number of aromatic nitrogens is 1. The predicted octanol–water partition coefficient (Wildman–Crippen LogP) is 3.66. The standard InChI is InChI=1S/C14H16N2OS2/c1-9-6-4-5-7-11(9)16-13(17)8-12-10(2)15-14(18-3)19-12/h4-7H,8H2,1-3H3,(H,16,17). The van der Waals surface area contributed by atoms with E-state index in [1.165, 1.54) is 0 Å². The van der Waals surface area contributed by atoms with Gasteiger partial charge in [0.1, 0.15) is 4.34 Å². The Labute approximate surface area is 121 Å². The van der Waals surface area contributed by atoms with Gasteiger partial charge in [0.15, 0.2) is 0 Å². The lowest BCUT2D eigenvalue weighted by molar-refractivity contribution is -0.115. The Morgan fingerprint density at radius 1 is 1.37 bits per heavy atom. The van der Waals surface area contributed by atoms with Crippen molar-refractivity contribution in [2.75, 3.05) is 11.6 Å². The average Bonchev–Trinajstić information content (AvgIpc) is 2.73. The van der Waals surface area contributed by atoms with E-state index in [2.05, 4.69) is 10.3 Å². The molecule has 2 rings (SSSR count). The highest BCUT2D eigenvalue weighted by Gasteiger charge is 2.12. The van der Waals surface area contributed by atoms with Crippen molar-refractivity contribution in [1.29, 1.82) is 0 Å². The van der Waals surface area contributed by atoms with Crippen LogP contribution in [-0.4, -0.2) is 17.1 Å². The number of thiazole rings is 1. The molecule has 0 aliphatic rings. The molecular weight excluding hydrogens is 276 g/mol. The molecule has 3 nitrogen and oxygen atoms in total. The van der Waals surface area contributed by atoms with Gasteiger partial charge in [-0.3, -0.25) is 4.79 Å². The molecule has 1 amide bonds. The molecule has 0 saturated heterocycles. The molecule has 1 aromatic carbocycles. The largest absolute Gasteiger partial charge is 0.326 e. The van der Waals surface area contributed by atoms with Gasteiger partial charge in [0.2, 0.25) is 5.91 Å². The van der Waals surface area contributed by atoms with Crippen LogP contribution in [0.15, 0.2) is 28.6 Å². The molecule has 1 N–H and O–H groups in total. The van der Waals surface area contributed by atoms with E-state index in [1.807, 2.05) is 44.4 Å². The van der Waals surface area contributed by atoms with E-state index in [9.17, 15) is 4.79 Å². The van der Waals surface area contributed by atoms with Crippen LogP contribution in [0, 0.1) is 13.8 Å². The summed E-state index contributed by atoms with van der Waals surface area (Å²) in [5.41, 5.74) is 2.90. The minimum absolute atomic E-state index is 0.00806. The van der Waals surface area contributed by atoms with Crippen molar-refractivity contribution < 1.29 is 4.79 Å². The summed E-state index contributed by atoms with van der Waals surface area (Å²) >= 11 is 3.21. The van der Waals surface area contributed by atoms with Gasteiger partial charge in [0.25, 0.3) is 0 Å². The van der Waals surface area contributed by atoms with Gasteiger partial charge in [-0.2, -0.15) is 0 Å². The molecule has 0 atom stereocenters. The van der Waals surface area contributed by atoms with Crippen molar-refractivity contribution in [3.8, 4) is 0 Å². The van der Waals surface area contributed by atoms with E-state index in [-0.39, 0.29) is 5.91 Å². The number of nitrogens with zero attached hydrogens (tertiary/aromatic N) is 1. The van der Waals surface area contributed by atoms with Crippen LogP contribution >= 0.6 is 23.1 Å². The van der Waals surface area contributed by atoms with Crippen LogP contribution in [0.1, 0.15) is 16.1 Å². The second-order valence-electron chi connectivity index (χ2n) is 4.23. The molecule has 0 unspecified atom stereocenters. The molecule has 0 bridgehead atoms. The van der Waals surface area contributed by atoms with Crippen molar-refractivity contribution >= 4 is 34.7 Å². The average molecular weight is 292 g/mol. The number of benzene rings is 1. The predicted molar refractivity (Wildman–Crippen MR) is 82.1 cm³/mol. The molecule has 0 aliphatic carbocycles. The summed E-state index contributed by atoms with van der Waals surface area (Å²) in [7, 11) is 0. The second kappa shape index (κ2) is 6.21. The number of aryl methyl sites for hydroxylation is 2. The zero-order valence-corrected chi connectivity index (χ0v) is 12.8. The Morgan fingerprint density at radius 2 is 2.11 bits per heavy atom. The first-order valence-electron chi connectivity index (χ1n) is 5.96. The number of carbonyl (C=O) groups is 1. The number of nitrogens with one attached hydrogen (secondary N) is 1. The third-order valence-electron chi connectivity index (χ3n) is 2.79. The lowest BCUT2D eigenvalue weighted by Gasteiger charge is -2.07. The minimum Gasteiger partial charge on any atom is -0.326 e. The lowest BCUT2D eigenvalue weighted by atomic mass is 10.2. The summed E-state index contributed by atoms with van der Waals surface area (Å²) < 4.78 is 1.01. The highest BCUT2D eigenvalue weighted by Crippen LogP contribution is 2.26. The summed E-state index contributed by atoms with van der Waals surface area (Å²) in [6, 6.07) is 7.79. The van der Waals surface area contributed by atoms with Crippen molar-refractivity contribution in [2.24, 2.45) is 0 Å². The third kappa shape index (κ3) is 3.58. The monoisotopic (exact) mass is 292 g/mol. The van der Waals surface area contributed by atoms with Gasteiger partial charge in [-0.15, -0.1) is 11.3 Å². The van der Waals surface area contributed by atoms with Gasteiger partial charge in [-0.1, -0.05) is 30.0 Å². The number of thioether (sulfide) groups is 1. The van der Waals surface area contributed by atoms with Crippen LogP contribution in [0.4, 0.5) is 5.69 Å². The van der Waals surface area contributed by atoms with Crippen LogP contribution in [0.2, 0.25) is 0 Å². The summed E-state index contributed by atoms with van der Waals surface area (Å²) in [5, 5.41) is 2.95. The third-order valence-corrected chi connectivity index (χ3v) is 4.93. The highest BCUT2D eigenvalue weighted by atomic mass is 32.2. The molecule has 100 valence electrons. The number of para-hydroxylation sites is 1. The van der Waals surface area contributed by atoms with E-state index < -0.39 is 0 Å². The number of anilines is 1. The van der Waals surface area contributed by atoms with Crippen molar-refractivity contribution in [3.05, 3.63) is 40.4 Å². The molecular formula is C14H16N2OS2. The number of hydrogen-bond acceptors (Lipinski definition) is 4. The summed E-state index contributed by atoms with van der Waals surface area (Å²) in [5.74, 6) is 0.00806. The summed E-state index contributed by atoms with van der Waals surface area (Å²) in [6.07, 6.45) is 2.38. The fourth-order valence-corrected chi connectivity index (χ4v) is 3.36. The normalized spacial score (nSPS) is 10.5. The fraction of sp³-hybridized carbons (Fsp3) is 0.286. The molecule has 19 heavy (non-hydrogen) atoms. The molecule has 0 spiro atoms. The van der Waals surface area contributed by atoms with E-state index in [4.69, 9.17) is 0 Å². The van der Waals surface area contributed by atoms with Gasteiger partial charge in [0.05, 0.1) is 12.1 Å². The van der Waals surface area contributed by atoms with Crippen molar-refractivity contribution in [3.63, 3.8) is 0 Å². The quantitative estimate of drug-likeness (QED) is 0.874. The summed E-state index contributed by atoms with van der Waals surface area (Å²) in [4.78, 5) is 17.5. The SMILES string of the molecule is CSc1nc(C)c(CC(=O)Nc2ccccc2C)s1. The zero-order valence-electron chi connectivity index (χ0n) is 11.2. The van der Waals surface area contributed by atoms with Crippen molar-refractivity contribution in [1.82, 2.24) is 4.98 Å². The maximum absolute atomic E-state index is 12.0. The molecule has 5 heteroatoms. The Kier molecular flexibility index (Phi) is 4.61. The Morgan fingerprint density at radius 3 is 2.74 bits per heavy atom. The Bertz CT molecular complexity index is 593. The number of hydrogen-bond donors (Lipinski definition) is 1. The Hall–Kier alpha value is -1.33.